The number of nitrogens with zero attached hydrogens (tertiary/aromatic N) is 2. The number of carbonyl (C=O) groups is 2. The molecule has 2 heterocycles. The minimum absolute atomic E-state index is 0.0364. The number of nitrogens with one attached hydrogen (secondary N) is 3. The Morgan fingerprint density at radius 2 is 2.00 bits per heavy atom. The van der Waals surface area contributed by atoms with Crippen molar-refractivity contribution in [3.63, 3.8) is 0 Å². The fourth-order valence-electron chi connectivity index (χ4n) is 4.83. The first-order valence-corrected chi connectivity index (χ1v) is 12.4. The van der Waals surface area contributed by atoms with Gasteiger partial charge in [-0.3, -0.25) is 9.59 Å². The molecule has 0 aliphatic heterocycles. The van der Waals surface area contributed by atoms with E-state index >= 15 is 0 Å². The predicted molar refractivity (Wildman–Crippen MR) is 131 cm³/mol. The number of rotatable bonds is 8. The van der Waals surface area contributed by atoms with Crippen molar-refractivity contribution in [3.8, 4) is 17.0 Å². The highest BCUT2D eigenvalue weighted by Gasteiger charge is 2.33. The zero-order valence-electron chi connectivity index (χ0n) is 20.4. The van der Waals surface area contributed by atoms with E-state index in [9.17, 15) is 18.4 Å². The van der Waals surface area contributed by atoms with E-state index in [0.29, 0.717) is 64.7 Å². The van der Waals surface area contributed by atoms with E-state index in [1.807, 2.05) is 0 Å². The van der Waals surface area contributed by atoms with Gasteiger partial charge in [0.2, 0.25) is 5.91 Å². The number of aryl methyl sites for hydroxylation is 1. The highest BCUT2D eigenvalue weighted by atomic mass is 19.1. The van der Waals surface area contributed by atoms with Gasteiger partial charge < -0.3 is 25.5 Å². The average Bonchev–Trinajstić information content (AvgIpc) is 3.64. The summed E-state index contributed by atoms with van der Waals surface area (Å²) in [5, 5.41) is 14.2. The summed E-state index contributed by atoms with van der Waals surface area (Å²) in [6.07, 6.45) is 3.04. The molecule has 37 heavy (non-hydrogen) atoms. The van der Waals surface area contributed by atoms with Gasteiger partial charge in [0.05, 0.1) is 23.7 Å². The van der Waals surface area contributed by atoms with Crippen LogP contribution in [0.2, 0.25) is 0 Å². The number of ether oxygens (including phenoxy) is 1. The third kappa shape index (κ3) is 5.41. The summed E-state index contributed by atoms with van der Waals surface area (Å²) in [6.45, 7) is 1.58. The number of benzene rings is 1. The SMILES string of the molecule is Cc1[nH]c2c(-c3cc(F)ccc3OCC3CC3)ncnc2c1C(=O)N[C@@H]1CC[C@H](NC(=O)CO)[C@H](F)C1. The van der Waals surface area contributed by atoms with Gasteiger partial charge in [-0.25, -0.2) is 18.7 Å². The second-order valence-electron chi connectivity index (χ2n) is 9.80. The lowest BCUT2D eigenvalue weighted by atomic mass is 9.89. The summed E-state index contributed by atoms with van der Waals surface area (Å²) < 4.78 is 34.8. The summed E-state index contributed by atoms with van der Waals surface area (Å²) in [4.78, 5) is 36.5. The van der Waals surface area contributed by atoms with Crippen LogP contribution in [-0.2, 0) is 4.79 Å². The van der Waals surface area contributed by atoms with Crippen LogP contribution in [0.25, 0.3) is 22.3 Å². The summed E-state index contributed by atoms with van der Waals surface area (Å²) in [5.41, 5.74) is 2.59. The summed E-state index contributed by atoms with van der Waals surface area (Å²) >= 11 is 0. The Morgan fingerprint density at radius 3 is 2.73 bits per heavy atom. The summed E-state index contributed by atoms with van der Waals surface area (Å²) in [5.74, 6) is -0.456. The number of amides is 2. The molecule has 9 nitrogen and oxygen atoms in total. The van der Waals surface area contributed by atoms with Gasteiger partial charge in [-0.1, -0.05) is 0 Å². The van der Waals surface area contributed by atoms with Crippen molar-refractivity contribution in [2.45, 2.75) is 57.3 Å². The molecule has 5 rings (SSSR count). The molecule has 3 atom stereocenters. The van der Waals surface area contributed by atoms with Crippen LogP contribution in [0, 0.1) is 18.7 Å². The number of hydrogen-bond acceptors (Lipinski definition) is 6. The molecule has 3 aromatic rings. The topological polar surface area (TPSA) is 129 Å². The van der Waals surface area contributed by atoms with Gasteiger partial charge in [0.25, 0.3) is 5.91 Å². The van der Waals surface area contributed by atoms with Crippen LogP contribution in [0.5, 0.6) is 5.75 Å². The van der Waals surface area contributed by atoms with Crippen LogP contribution < -0.4 is 15.4 Å². The quantitative estimate of drug-likeness (QED) is 0.367. The monoisotopic (exact) mass is 513 g/mol. The van der Waals surface area contributed by atoms with Crippen LogP contribution in [0.1, 0.15) is 48.2 Å². The van der Waals surface area contributed by atoms with E-state index < -0.39 is 42.5 Å². The van der Waals surface area contributed by atoms with Gasteiger partial charge in [-0.05, 0) is 56.7 Å². The number of aromatic amines is 1. The van der Waals surface area contributed by atoms with Gasteiger partial charge in [-0.2, -0.15) is 0 Å². The molecule has 2 saturated carbocycles. The maximum atomic E-state index is 14.6. The molecular weight excluding hydrogens is 484 g/mol. The van der Waals surface area contributed by atoms with Crippen LogP contribution in [0.4, 0.5) is 8.78 Å². The van der Waals surface area contributed by atoms with Crippen LogP contribution in [0.3, 0.4) is 0 Å². The minimum Gasteiger partial charge on any atom is -0.493 e. The van der Waals surface area contributed by atoms with E-state index in [1.165, 1.54) is 18.5 Å². The molecule has 2 aliphatic rings. The molecule has 196 valence electrons. The molecule has 0 bridgehead atoms. The standard InChI is InChI=1S/C26H29F2N5O4/c1-13-22(26(36)32-16-5-6-19(18(28)9-16)33-21(35)10-34)24-25(31-13)23(29-12-30-24)17-8-15(27)4-7-20(17)37-11-14-2-3-14/h4,7-8,12,14,16,18-19,31,34H,2-3,5-6,9-11H2,1H3,(H,32,36)(H,33,35)/t16-,18-,19+/m1/s1. The summed E-state index contributed by atoms with van der Waals surface area (Å²) in [7, 11) is 0. The fourth-order valence-corrected chi connectivity index (χ4v) is 4.83. The first-order chi connectivity index (χ1) is 17.8. The van der Waals surface area contributed by atoms with Crippen molar-refractivity contribution >= 4 is 22.8 Å². The Bertz CT molecular complexity index is 1330. The van der Waals surface area contributed by atoms with Crippen LogP contribution in [-0.4, -0.2) is 63.3 Å². The third-order valence-corrected chi connectivity index (χ3v) is 6.96. The fraction of sp³-hybridized carbons (Fsp3) is 0.462. The van der Waals surface area contributed by atoms with Crippen molar-refractivity contribution in [1.29, 1.82) is 0 Å². The largest absolute Gasteiger partial charge is 0.493 e. The lowest BCUT2D eigenvalue weighted by molar-refractivity contribution is -0.125. The molecule has 4 N–H and O–H groups in total. The number of carbonyl (C=O) groups excluding carboxylic acids is 2. The number of aromatic nitrogens is 3. The molecule has 2 fully saturated rings. The smallest absolute Gasteiger partial charge is 0.255 e. The van der Waals surface area contributed by atoms with Gasteiger partial charge >= 0.3 is 0 Å². The molecule has 11 heteroatoms. The molecule has 1 aromatic carbocycles. The predicted octanol–water partition coefficient (Wildman–Crippen LogP) is 2.96. The van der Waals surface area contributed by atoms with Crippen molar-refractivity contribution in [2.75, 3.05) is 13.2 Å². The maximum Gasteiger partial charge on any atom is 0.255 e. The van der Waals surface area contributed by atoms with Gasteiger partial charge in [0, 0.05) is 23.7 Å². The first-order valence-electron chi connectivity index (χ1n) is 12.4. The Hall–Kier alpha value is -3.60. The highest BCUT2D eigenvalue weighted by molar-refractivity contribution is 6.09. The normalized spacial score (nSPS) is 21.6. The van der Waals surface area contributed by atoms with Gasteiger partial charge in [-0.15, -0.1) is 0 Å². The Kier molecular flexibility index (Phi) is 7.05. The lowest BCUT2D eigenvalue weighted by Gasteiger charge is -2.32. The van der Waals surface area contributed by atoms with Gasteiger partial charge in [0.15, 0.2) is 0 Å². The van der Waals surface area contributed by atoms with Crippen molar-refractivity contribution < 1.29 is 28.2 Å². The number of fused-ring (bicyclic) bond motifs is 1. The van der Waals surface area contributed by atoms with Crippen LogP contribution in [0.15, 0.2) is 24.5 Å². The Labute approximate surface area is 212 Å². The third-order valence-electron chi connectivity index (χ3n) is 6.96. The summed E-state index contributed by atoms with van der Waals surface area (Å²) in [6, 6.07) is 3.15. The Balaban J connectivity index is 1.38. The molecule has 0 spiro atoms. The first kappa shape index (κ1) is 25.1. The van der Waals surface area contributed by atoms with E-state index in [0.717, 1.165) is 12.8 Å². The number of aliphatic hydroxyl groups is 1. The van der Waals surface area contributed by atoms with E-state index in [4.69, 9.17) is 9.84 Å². The number of halogens is 2. The molecule has 0 radical (unpaired) electrons. The molecule has 0 unspecified atom stereocenters. The number of hydrogen-bond donors (Lipinski definition) is 4. The zero-order chi connectivity index (χ0) is 26.1. The molecule has 2 amide bonds. The number of alkyl halides is 1. The molecule has 0 saturated heterocycles. The molecular formula is C26H29F2N5O4. The average molecular weight is 514 g/mol. The van der Waals surface area contributed by atoms with E-state index in [2.05, 4.69) is 25.6 Å². The molecule has 2 aliphatic carbocycles. The van der Waals surface area contributed by atoms with Gasteiger partial charge in [0.1, 0.15) is 41.9 Å². The van der Waals surface area contributed by atoms with Crippen molar-refractivity contribution in [2.24, 2.45) is 5.92 Å². The molecule has 2 aromatic heterocycles. The zero-order valence-corrected chi connectivity index (χ0v) is 20.4. The lowest BCUT2D eigenvalue weighted by Crippen LogP contribution is -2.50. The highest BCUT2D eigenvalue weighted by Crippen LogP contribution is 2.37. The van der Waals surface area contributed by atoms with Crippen molar-refractivity contribution in [1.82, 2.24) is 25.6 Å². The van der Waals surface area contributed by atoms with Crippen LogP contribution >= 0.6 is 0 Å². The minimum atomic E-state index is -1.35. The number of H-pyrrole nitrogens is 1. The van der Waals surface area contributed by atoms with Crippen molar-refractivity contribution in [3.05, 3.63) is 41.6 Å². The maximum absolute atomic E-state index is 14.6. The Morgan fingerprint density at radius 1 is 1.19 bits per heavy atom. The number of aliphatic hydroxyl groups excluding tert-OH is 1. The van der Waals surface area contributed by atoms with E-state index in [-0.39, 0.29) is 6.42 Å². The second-order valence-corrected chi connectivity index (χ2v) is 9.80. The van der Waals surface area contributed by atoms with E-state index in [1.54, 1.807) is 13.0 Å². The second kappa shape index (κ2) is 10.4.